The molecule has 1 fully saturated rings. The average molecular weight is 372 g/mol. The average Bonchev–Trinajstić information content (AvgIpc) is 2.93. The second-order valence-electron chi connectivity index (χ2n) is 5.61. The van der Waals surface area contributed by atoms with Crippen LogP contribution in [-0.2, 0) is 19.1 Å². The van der Waals surface area contributed by atoms with E-state index in [1.165, 1.54) is 11.8 Å². The molecule has 0 aliphatic carbocycles. The lowest BCUT2D eigenvalue weighted by molar-refractivity contribution is -0.158. The van der Waals surface area contributed by atoms with E-state index in [4.69, 9.17) is 10.5 Å². The molecule has 2 unspecified atom stereocenters. The van der Waals surface area contributed by atoms with Crippen LogP contribution in [0.4, 0.5) is 14.5 Å². The second-order valence-corrected chi connectivity index (χ2v) is 6.60. The van der Waals surface area contributed by atoms with Crippen molar-refractivity contribution >= 4 is 35.2 Å². The molecule has 2 amide bonds. The minimum Gasteiger partial charge on any atom is -0.452 e. The quantitative estimate of drug-likeness (QED) is 0.732. The molecule has 0 aromatic heterocycles. The predicted molar refractivity (Wildman–Crippen MR) is 88.9 cm³/mol. The number of nitrogens with zero attached hydrogens (tertiary/aromatic N) is 1. The first kappa shape index (κ1) is 19.2. The molecule has 1 aliphatic rings. The van der Waals surface area contributed by atoms with Crippen LogP contribution in [0.5, 0.6) is 0 Å². The van der Waals surface area contributed by atoms with Gasteiger partial charge in [-0.3, -0.25) is 14.4 Å². The van der Waals surface area contributed by atoms with E-state index < -0.39 is 41.4 Å². The van der Waals surface area contributed by atoms with Crippen LogP contribution in [0, 0.1) is 17.6 Å². The zero-order chi connectivity index (χ0) is 18.6. The maximum atomic E-state index is 13.8. The number of carbonyl (C=O) groups excluding carboxylic acids is 3. The largest absolute Gasteiger partial charge is 0.452 e. The van der Waals surface area contributed by atoms with Gasteiger partial charge in [0.1, 0.15) is 11.6 Å². The Labute approximate surface area is 147 Å². The fraction of sp³-hybridized carbons (Fsp3) is 0.438. The summed E-state index contributed by atoms with van der Waals surface area (Å²) in [6, 6.07) is 2.84. The van der Waals surface area contributed by atoms with Gasteiger partial charge in [0, 0.05) is 25.5 Å². The van der Waals surface area contributed by atoms with Gasteiger partial charge >= 0.3 is 5.97 Å². The van der Waals surface area contributed by atoms with Crippen molar-refractivity contribution in [1.29, 1.82) is 0 Å². The van der Waals surface area contributed by atoms with Crippen LogP contribution < -0.4 is 10.6 Å². The number of benzene rings is 1. The summed E-state index contributed by atoms with van der Waals surface area (Å²) in [6.07, 6.45) is 0.875. The molecule has 25 heavy (non-hydrogen) atoms. The van der Waals surface area contributed by atoms with Crippen LogP contribution in [0.2, 0.25) is 0 Å². The molecule has 2 rings (SSSR count). The highest BCUT2D eigenvalue weighted by molar-refractivity contribution is 7.98. The molecule has 136 valence electrons. The third-order valence-corrected chi connectivity index (χ3v) is 4.46. The zero-order valence-corrected chi connectivity index (χ0v) is 14.4. The summed E-state index contributed by atoms with van der Waals surface area (Å²) in [5.41, 5.74) is 5.11. The first-order valence-corrected chi connectivity index (χ1v) is 8.97. The zero-order valence-electron chi connectivity index (χ0n) is 13.5. The lowest BCUT2D eigenvalue weighted by Gasteiger charge is -2.19. The number of nitrogens with two attached hydrogens (primary N) is 1. The minimum absolute atomic E-state index is 0.101. The Balaban J connectivity index is 2.05. The van der Waals surface area contributed by atoms with Gasteiger partial charge in [0.2, 0.25) is 5.91 Å². The SMILES string of the molecule is CSCCC(OC(=O)C1CC(=O)N(c2ccc(F)cc2F)C1)C(N)=O. The molecular formula is C16H18F2N2O4S. The van der Waals surface area contributed by atoms with Gasteiger partial charge in [-0.15, -0.1) is 0 Å². The maximum absolute atomic E-state index is 13.8. The minimum atomic E-state index is -1.06. The summed E-state index contributed by atoms with van der Waals surface area (Å²) in [5, 5.41) is 0. The van der Waals surface area contributed by atoms with E-state index in [1.807, 2.05) is 6.26 Å². The van der Waals surface area contributed by atoms with E-state index in [0.717, 1.165) is 17.0 Å². The monoisotopic (exact) mass is 372 g/mol. The maximum Gasteiger partial charge on any atom is 0.312 e. The Kier molecular flexibility index (Phi) is 6.35. The Hall–Kier alpha value is -2.16. The molecule has 1 heterocycles. The molecule has 1 aromatic rings. The van der Waals surface area contributed by atoms with Gasteiger partial charge in [0.15, 0.2) is 6.10 Å². The number of hydrogen-bond acceptors (Lipinski definition) is 5. The Morgan fingerprint density at radius 3 is 2.76 bits per heavy atom. The highest BCUT2D eigenvalue weighted by atomic mass is 32.2. The molecular weight excluding hydrogens is 354 g/mol. The summed E-state index contributed by atoms with van der Waals surface area (Å²) < 4.78 is 32.0. The fourth-order valence-corrected chi connectivity index (χ4v) is 2.97. The van der Waals surface area contributed by atoms with Gasteiger partial charge in [-0.05, 0) is 24.1 Å². The second kappa shape index (κ2) is 8.28. The van der Waals surface area contributed by atoms with Gasteiger partial charge < -0.3 is 15.4 Å². The molecule has 0 radical (unpaired) electrons. The predicted octanol–water partition coefficient (Wildman–Crippen LogP) is 1.47. The van der Waals surface area contributed by atoms with Crippen LogP contribution in [0.3, 0.4) is 0 Å². The molecule has 1 saturated heterocycles. The first-order chi connectivity index (χ1) is 11.8. The molecule has 2 N–H and O–H groups in total. The van der Waals surface area contributed by atoms with E-state index in [1.54, 1.807) is 0 Å². The first-order valence-electron chi connectivity index (χ1n) is 7.57. The van der Waals surface area contributed by atoms with Gasteiger partial charge in [-0.1, -0.05) is 0 Å². The Bertz CT molecular complexity index is 686. The number of ether oxygens (including phenoxy) is 1. The lowest BCUT2D eigenvalue weighted by Crippen LogP contribution is -2.36. The summed E-state index contributed by atoms with van der Waals surface area (Å²) in [7, 11) is 0. The van der Waals surface area contributed by atoms with Crippen molar-refractivity contribution in [2.45, 2.75) is 18.9 Å². The van der Waals surface area contributed by atoms with Crippen LogP contribution in [0.15, 0.2) is 18.2 Å². The van der Waals surface area contributed by atoms with Crippen molar-refractivity contribution in [3.63, 3.8) is 0 Å². The highest BCUT2D eigenvalue weighted by Crippen LogP contribution is 2.28. The van der Waals surface area contributed by atoms with Crippen LogP contribution >= 0.6 is 11.8 Å². The van der Waals surface area contributed by atoms with Gasteiger partial charge in [0.05, 0.1) is 11.6 Å². The highest BCUT2D eigenvalue weighted by Gasteiger charge is 2.38. The number of amides is 2. The molecule has 1 aliphatic heterocycles. The number of halogens is 2. The molecule has 9 heteroatoms. The van der Waals surface area contributed by atoms with Crippen molar-refractivity contribution < 1.29 is 27.9 Å². The fourth-order valence-electron chi connectivity index (χ4n) is 2.52. The summed E-state index contributed by atoms with van der Waals surface area (Å²) in [6.45, 7) is -0.103. The molecule has 6 nitrogen and oxygen atoms in total. The number of thioether (sulfide) groups is 1. The van der Waals surface area contributed by atoms with E-state index in [2.05, 4.69) is 0 Å². The van der Waals surface area contributed by atoms with Crippen LogP contribution in [0.1, 0.15) is 12.8 Å². The van der Waals surface area contributed by atoms with E-state index in [9.17, 15) is 23.2 Å². The standard InChI is InChI=1S/C16H18F2N2O4S/c1-25-5-4-13(15(19)22)24-16(23)9-6-14(21)20(8-9)12-3-2-10(17)7-11(12)18/h2-3,7,9,13H,4-6,8H2,1H3,(H2,19,22). The molecule has 1 aromatic carbocycles. The Morgan fingerprint density at radius 2 is 2.16 bits per heavy atom. The molecule has 0 saturated carbocycles. The van der Waals surface area contributed by atoms with Gasteiger partial charge in [-0.2, -0.15) is 11.8 Å². The lowest BCUT2D eigenvalue weighted by atomic mass is 10.1. The number of rotatable bonds is 7. The number of primary amides is 1. The summed E-state index contributed by atoms with van der Waals surface area (Å²) in [5.74, 6) is -3.88. The summed E-state index contributed by atoms with van der Waals surface area (Å²) in [4.78, 5) is 36.7. The number of anilines is 1. The van der Waals surface area contributed by atoms with Crippen LogP contribution in [0.25, 0.3) is 0 Å². The molecule has 0 bridgehead atoms. The smallest absolute Gasteiger partial charge is 0.312 e. The van der Waals surface area contributed by atoms with Crippen molar-refractivity contribution in [1.82, 2.24) is 0 Å². The van der Waals surface area contributed by atoms with E-state index in [0.29, 0.717) is 11.8 Å². The molecule has 2 atom stereocenters. The van der Waals surface area contributed by atoms with Crippen LogP contribution in [-0.4, -0.2) is 42.4 Å². The van der Waals surface area contributed by atoms with E-state index >= 15 is 0 Å². The van der Waals surface area contributed by atoms with Crippen molar-refractivity contribution in [2.24, 2.45) is 11.7 Å². The third kappa shape index (κ3) is 4.68. The van der Waals surface area contributed by atoms with Gasteiger partial charge in [0.25, 0.3) is 5.91 Å². The number of hydrogen-bond donors (Lipinski definition) is 1. The third-order valence-electron chi connectivity index (χ3n) is 3.82. The van der Waals surface area contributed by atoms with Crippen molar-refractivity contribution in [3.8, 4) is 0 Å². The van der Waals surface area contributed by atoms with Crippen molar-refractivity contribution in [2.75, 3.05) is 23.5 Å². The van der Waals surface area contributed by atoms with Gasteiger partial charge in [-0.25, -0.2) is 8.78 Å². The number of esters is 1. The topological polar surface area (TPSA) is 89.7 Å². The van der Waals surface area contributed by atoms with Crippen molar-refractivity contribution in [3.05, 3.63) is 29.8 Å². The number of carbonyl (C=O) groups is 3. The molecule has 0 spiro atoms. The summed E-state index contributed by atoms with van der Waals surface area (Å²) >= 11 is 1.47. The Morgan fingerprint density at radius 1 is 1.44 bits per heavy atom. The normalized spacial score (nSPS) is 18.3. The van der Waals surface area contributed by atoms with E-state index in [-0.39, 0.29) is 25.1 Å².